The predicted molar refractivity (Wildman–Crippen MR) is 37.9 cm³/mol. The zero-order chi connectivity index (χ0) is 13.9. The number of carbonyl (C=O) groups excluding carboxylic acids is 3. The first-order chi connectivity index (χ1) is 7.46. The van der Waals surface area contributed by atoms with E-state index in [2.05, 4.69) is 4.52 Å². The Labute approximate surface area is 207 Å². The van der Waals surface area contributed by atoms with Gasteiger partial charge in [0, 0.05) is 12.4 Å². The molecular weight excluding hydrogens is 355 g/mol. The number of aliphatic hydroxyl groups is 1. The van der Waals surface area contributed by atoms with E-state index in [1.165, 1.54) is 0 Å². The van der Waals surface area contributed by atoms with Crippen LogP contribution in [0.15, 0.2) is 0 Å². The smallest absolute Gasteiger partial charge is 0.780 e. The maximum Gasteiger partial charge on any atom is 1.00 e. The molecule has 0 fully saturated rings. The average Bonchev–Trinajstić information content (AvgIpc) is 1.96. The Balaban J connectivity index is -0.000000213. The molecule has 15 heteroatoms. The van der Waals surface area contributed by atoms with Crippen molar-refractivity contribution in [3.8, 4) is 0 Å². The van der Waals surface area contributed by atoms with Crippen molar-refractivity contribution in [2.45, 2.75) is 18.4 Å². The molecule has 0 aliphatic heterocycles. The molecule has 0 heterocycles. The quantitative estimate of drug-likeness (QED) is 0.351. The predicted octanol–water partition coefficient (Wildman–Crippen LogP) is -17.6. The van der Waals surface area contributed by atoms with E-state index in [4.69, 9.17) is 5.11 Å². The second-order valence-corrected chi connectivity index (χ2v) is 4.03. The van der Waals surface area contributed by atoms with Gasteiger partial charge in [0.2, 0.25) is 0 Å². The van der Waals surface area contributed by atoms with Gasteiger partial charge in [-0.15, -0.1) is 0 Å². The first-order valence-electron chi connectivity index (χ1n) is 3.84. The summed E-state index contributed by atoms with van der Waals surface area (Å²) >= 11 is 0. The zero-order valence-electron chi connectivity index (χ0n) is 12.0. The van der Waals surface area contributed by atoms with Gasteiger partial charge < -0.3 is 43.8 Å². The van der Waals surface area contributed by atoms with Gasteiger partial charge in [-0.2, -0.15) is 0 Å². The van der Waals surface area contributed by atoms with Gasteiger partial charge in [0.15, 0.2) is 0 Å². The third-order valence-corrected chi connectivity index (χ3v) is 1.89. The molecule has 0 aliphatic rings. The third-order valence-electron chi connectivity index (χ3n) is 1.47. The largest absolute Gasteiger partial charge is 1.00 e. The summed E-state index contributed by atoms with van der Waals surface area (Å²) in [4.78, 5) is 51.1. The van der Waals surface area contributed by atoms with Gasteiger partial charge in [0.25, 0.3) is 0 Å². The van der Waals surface area contributed by atoms with Crippen molar-refractivity contribution < 1.29 is 167 Å². The minimum atomic E-state index is -5.71. The fraction of sp³-hybridized carbons (Fsp3) is 0.500. The van der Waals surface area contributed by atoms with E-state index in [1.807, 2.05) is 0 Å². The Morgan fingerprint density at radius 2 is 1.38 bits per heavy atom. The zero-order valence-corrected chi connectivity index (χ0v) is 20.9. The van der Waals surface area contributed by atoms with Gasteiger partial charge in [0.1, 0.15) is 13.4 Å². The normalized spacial score (nSPS) is 12.0. The van der Waals surface area contributed by atoms with Crippen LogP contribution in [0.5, 0.6) is 0 Å². The van der Waals surface area contributed by atoms with Crippen LogP contribution in [0, 0.1) is 0 Å². The number of aliphatic carboxylic acids is 2. The second-order valence-electron chi connectivity index (χ2n) is 2.96. The molecule has 0 rings (SSSR count). The van der Waals surface area contributed by atoms with Gasteiger partial charge >= 0.3 is 124 Å². The summed E-state index contributed by atoms with van der Waals surface area (Å²) in [6.07, 6.45) is -3.12. The standard InChI is InChI=1S/C6H9O10P.4Na/c7-3(8)1-6(12,5(10)11)2-4(9)16-17(13,14)15;;;;/h12H,1-2H2,(H,7,8)(H,10,11)(H2,13,14,15);;;;/q;4*+1/p-4. The Morgan fingerprint density at radius 3 is 1.62 bits per heavy atom. The maximum absolute atomic E-state index is 10.7. The Kier molecular flexibility index (Phi) is 24.6. The molecule has 0 saturated carbocycles. The van der Waals surface area contributed by atoms with E-state index >= 15 is 0 Å². The monoisotopic (exact) mass is 360 g/mol. The number of rotatable bonds is 6. The maximum atomic E-state index is 10.7. The molecule has 0 aliphatic carbocycles. The van der Waals surface area contributed by atoms with Crippen LogP contribution < -0.4 is 138 Å². The third kappa shape index (κ3) is 17.1. The SMILES string of the molecule is O=C([O-])CC(O)(CC(=O)OP(=O)([O-])[O-])C(=O)[O-].[Na+].[Na+].[Na+].[Na+]. The van der Waals surface area contributed by atoms with Crippen LogP contribution in [0.4, 0.5) is 0 Å². The molecule has 10 nitrogen and oxygen atoms in total. The van der Waals surface area contributed by atoms with E-state index in [0.717, 1.165) is 0 Å². The molecule has 1 atom stereocenters. The van der Waals surface area contributed by atoms with Gasteiger partial charge in [-0.05, 0) is 0 Å². The second kappa shape index (κ2) is 14.8. The van der Waals surface area contributed by atoms with Crippen molar-refractivity contribution in [3.63, 3.8) is 0 Å². The molecular formula is C6H5Na4O10P. The summed E-state index contributed by atoms with van der Waals surface area (Å²) in [5, 5.41) is 29.6. The van der Waals surface area contributed by atoms with Gasteiger partial charge in [0.05, 0.1) is 12.4 Å². The minimum Gasteiger partial charge on any atom is -0.780 e. The summed E-state index contributed by atoms with van der Waals surface area (Å²) in [7, 11) is -5.71. The molecule has 0 amide bonds. The van der Waals surface area contributed by atoms with Crippen molar-refractivity contribution in [1.29, 1.82) is 0 Å². The molecule has 1 unspecified atom stereocenters. The van der Waals surface area contributed by atoms with E-state index in [9.17, 15) is 38.9 Å². The Bertz CT molecular complexity index is 397. The minimum absolute atomic E-state index is 0. The Hall–Kier alpha value is 2.52. The number of carbonyl (C=O) groups is 3. The summed E-state index contributed by atoms with van der Waals surface area (Å²) in [5.74, 6) is -6.31. The number of hydrogen-bond acceptors (Lipinski definition) is 10. The van der Waals surface area contributed by atoms with Crippen molar-refractivity contribution in [2.75, 3.05) is 0 Å². The van der Waals surface area contributed by atoms with Crippen molar-refractivity contribution >= 4 is 25.7 Å². The molecule has 0 radical (unpaired) electrons. The molecule has 98 valence electrons. The molecule has 0 aromatic carbocycles. The van der Waals surface area contributed by atoms with Crippen molar-refractivity contribution in [1.82, 2.24) is 0 Å². The summed E-state index contributed by atoms with van der Waals surface area (Å²) in [6, 6.07) is 0. The first kappa shape index (κ1) is 34.8. The molecule has 0 spiro atoms. The molecule has 0 aromatic rings. The molecule has 0 saturated heterocycles. The van der Waals surface area contributed by atoms with E-state index in [-0.39, 0.29) is 118 Å². The van der Waals surface area contributed by atoms with E-state index < -0.39 is 44.2 Å². The number of phosphoric ester groups is 1. The number of carboxylic acid groups (broad SMARTS) is 2. The van der Waals surface area contributed by atoms with Crippen LogP contribution in [0.2, 0.25) is 0 Å². The number of phosphoric acid groups is 1. The van der Waals surface area contributed by atoms with Crippen LogP contribution in [0.1, 0.15) is 12.8 Å². The van der Waals surface area contributed by atoms with Crippen LogP contribution in [-0.4, -0.2) is 28.6 Å². The number of hydrogen-bond donors (Lipinski definition) is 1. The summed E-state index contributed by atoms with van der Waals surface area (Å²) in [5.41, 5.74) is -3.22. The molecule has 0 aromatic heterocycles. The number of carboxylic acids is 2. The fourth-order valence-electron chi connectivity index (χ4n) is 0.841. The van der Waals surface area contributed by atoms with Gasteiger partial charge in [-0.3, -0.25) is 4.79 Å². The van der Waals surface area contributed by atoms with Gasteiger partial charge in [-0.1, -0.05) is 0 Å². The molecule has 1 N–H and O–H groups in total. The van der Waals surface area contributed by atoms with Crippen LogP contribution >= 0.6 is 7.82 Å². The van der Waals surface area contributed by atoms with E-state index in [1.54, 1.807) is 0 Å². The van der Waals surface area contributed by atoms with Crippen molar-refractivity contribution in [2.24, 2.45) is 0 Å². The molecule has 21 heavy (non-hydrogen) atoms. The Morgan fingerprint density at radius 1 is 1.00 bits per heavy atom. The van der Waals surface area contributed by atoms with Crippen LogP contribution in [0.25, 0.3) is 0 Å². The van der Waals surface area contributed by atoms with Gasteiger partial charge in [-0.25, -0.2) is 0 Å². The topological polar surface area (TPSA) is 190 Å². The van der Waals surface area contributed by atoms with E-state index in [0.29, 0.717) is 0 Å². The van der Waals surface area contributed by atoms with Crippen LogP contribution in [0.3, 0.4) is 0 Å². The van der Waals surface area contributed by atoms with Crippen molar-refractivity contribution in [3.05, 3.63) is 0 Å². The molecule has 0 bridgehead atoms. The van der Waals surface area contributed by atoms with Crippen LogP contribution in [-0.2, 0) is 23.5 Å². The average molecular weight is 360 g/mol. The summed E-state index contributed by atoms with van der Waals surface area (Å²) < 4.78 is 13.2. The summed E-state index contributed by atoms with van der Waals surface area (Å²) in [6.45, 7) is 0. The first-order valence-corrected chi connectivity index (χ1v) is 5.30. The fourth-order valence-corrected chi connectivity index (χ4v) is 1.16.